The van der Waals surface area contributed by atoms with Gasteiger partial charge in [-0.15, -0.1) is 0 Å². The van der Waals surface area contributed by atoms with Gasteiger partial charge in [-0.3, -0.25) is 4.90 Å². The molecule has 0 N–H and O–H groups in total. The number of pyridine rings is 1. The van der Waals surface area contributed by atoms with Gasteiger partial charge in [-0.05, 0) is 37.0 Å². The van der Waals surface area contributed by atoms with Gasteiger partial charge in [0, 0.05) is 37.9 Å². The van der Waals surface area contributed by atoms with Gasteiger partial charge in [0.2, 0.25) is 0 Å². The summed E-state index contributed by atoms with van der Waals surface area (Å²) in [6.45, 7) is 5.10. The third-order valence-corrected chi connectivity index (χ3v) is 4.38. The number of anilines is 1. The molecule has 1 fully saturated rings. The molecule has 0 radical (unpaired) electrons. The maximum absolute atomic E-state index is 5.50. The second-order valence-corrected chi connectivity index (χ2v) is 6.17. The molecule has 2 aliphatic rings. The van der Waals surface area contributed by atoms with Gasteiger partial charge in [0.25, 0.3) is 0 Å². The van der Waals surface area contributed by atoms with Crippen molar-refractivity contribution >= 4 is 5.82 Å². The standard InChI is InChI=1S/C17H21N3O/c1-3-15-12-19(13-16-4-2-10-21-16)8-9-20(11-14-5-6-14)17(15)18-7-1/h1-4,7,10,14H,5-6,8-9,11-13H2. The molecule has 21 heavy (non-hydrogen) atoms. The van der Waals surface area contributed by atoms with E-state index in [1.54, 1.807) is 6.26 Å². The van der Waals surface area contributed by atoms with Crippen LogP contribution in [0.2, 0.25) is 0 Å². The average Bonchev–Trinajstić information content (AvgIpc) is 3.21. The lowest BCUT2D eigenvalue weighted by molar-refractivity contribution is 0.245. The van der Waals surface area contributed by atoms with Gasteiger partial charge in [-0.2, -0.15) is 0 Å². The van der Waals surface area contributed by atoms with E-state index >= 15 is 0 Å². The van der Waals surface area contributed by atoms with Gasteiger partial charge in [0.05, 0.1) is 12.8 Å². The van der Waals surface area contributed by atoms with Crippen molar-refractivity contribution in [2.24, 2.45) is 5.92 Å². The Morgan fingerprint density at radius 3 is 2.95 bits per heavy atom. The highest BCUT2D eigenvalue weighted by Gasteiger charge is 2.28. The fourth-order valence-electron chi connectivity index (χ4n) is 3.07. The summed E-state index contributed by atoms with van der Waals surface area (Å²) in [5.74, 6) is 3.11. The summed E-state index contributed by atoms with van der Waals surface area (Å²) in [5.41, 5.74) is 1.34. The number of hydrogen-bond donors (Lipinski definition) is 0. The molecule has 0 atom stereocenters. The molecule has 0 bridgehead atoms. The van der Waals surface area contributed by atoms with E-state index in [0.717, 1.165) is 37.9 Å². The summed E-state index contributed by atoms with van der Waals surface area (Å²) in [6.07, 6.45) is 6.44. The largest absolute Gasteiger partial charge is 0.468 e. The van der Waals surface area contributed by atoms with E-state index in [1.165, 1.54) is 30.8 Å². The van der Waals surface area contributed by atoms with Crippen LogP contribution in [-0.4, -0.2) is 29.5 Å². The maximum Gasteiger partial charge on any atom is 0.133 e. The summed E-state index contributed by atoms with van der Waals surface area (Å²) >= 11 is 0. The summed E-state index contributed by atoms with van der Waals surface area (Å²) < 4.78 is 5.50. The number of rotatable bonds is 4. The lowest BCUT2D eigenvalue weighted by Crippen LogP contribution is -2.32. The van der Waals surface area contributed by atoms with E-state index in [0.29, 0.717) is 0 Å². The minimum Gasteiger partial charge on any atom is -0.468 e. The van der Waals surface area contributed by atoms with E-state index in [4.69, 9.17) is 4.42 Å². The molecule has 0 amide bonds. The number of furan rings is 1. The molecular weight excluding hydrogens is 262 g/mol. The zero-order valence-electron chi connectivity index (χ0n) is 12.2. The predicted octanol–water partition coefficient (Wildman–Crippen LogP) is 2.91. The van der Waals surface area contributed by atoms with Crippen LogP contribution >= 0.6 is 0 Å². The van der Waals surface area contributed by atoms with E-state index in [1.807, 2.05) is 18.3 Å². The van der Waals surface area contributed by atoms with Crippen molar-refractivity contribution in [3.8, 4) is 0 Å². The van der Waals surface area contributed by atoms with Crippen LogP contribution in [0.5, 0.6) is 0 Å². The highest BCUT2D eigenvalue weighted by molar-refractivity contribution is 5.47. The summed E-state index contributed by atoms with van der Waals surface area (Å²) in [4.78, 5) is 9.58. The molecule has 4 nitrogen and oxygen atoms in total. The smallest absolute Gasteiger partial charge is 0.133 e. The first-order valence-corrected chi connectivity index (χ1v) is 7.82. The van der Waals surface area contributed by atoms with Gasteiger partial charge in [0.1, 0.15) is 11.6 Å². The molecule has 0 saturated heterocycles. The fraction of sp³-hybridized carbons (Fsp3) is 0.471. The maximum atomic E-state index is 5.50. The van der Waals surface area contributed by atoms with Crippen molar-refractivity contribution in [3.05, 3.63) is 48.0 Å². The molecule has 1 aliphatic carbocycles. The lowest BCUT2D eigenvalue weighted by Gasteiger charge is -2.23. The van der Waals surface area contributed by atoms with Crippen LogP contribution < -0.4 is 4.90 Å². The van der Waals surface area contributed by atoms with E-state index in [2.05, 4.69) is 26.9 Å². The van der Waals surface area contributed by atoms with Gasteiger partial charge in [0.15, 0.2) is 0 Å². The lowest BCUT2D eigenvalue weighted by atomic mass is 10.2. The monoisotopic (exact) mass is 283 g/mol. The molecule has 1 saturated carbocycles. The molecule has 2 aromatic heterocycles. The Kier molecular flexibility index (Phi) is 3.39. The van der Waals surface area contributed by atoms with Crippen molar-refractivity contribution in [1.29, 1.82) is 0 Å². The minimum absolute atomic E-state index is 0.874. The van der Waals surface area contributed by atoms with Gasteiger partial charge in [-0.25, -0.2) is 4.98 Å². The van der Waals surface area contributed by atoms with E-state index in [-0.39, 0.29) is 0 Å². The minimum atomic E-state index is 0.874. The molecule has 0 unspecified atom stereocenters. The molecule has 2 aromatic rings. The average molecular weight is 283 g/mol. The fourth-order valence-corrected chi connectivity index (χ4v) is 3.07. The Morgan fingerprint density at radius 2 is 2.14 bits per heavy atom. The van der Waals surface area contributed by atoms with Crippen molar-refractivity contribution in [3.63, 3.8) is 0 Å². The number of fused-ring (bicyclic) bond motifs is 1. The van der Waals surface area contributed by atoms with Crippen molar-refractivity contribution < 1.29 is 4.42 Å². The SMILES string of the molecule is c1coc(CN2CCN(CC3CC3)c3ncccc3C2)c1. The van der Waals surface area contributed by atoms with Crippen molar-refractivity contribution in [2.45, 2.75) is 25.9 Å². The molecule has 0 aromatic carbocycles. The van der Waals surface area contributed by atoms with Crippen LogP contribution in [0.3, 0.4) is 0 Å². The highest BCUT2D eigenvalue weighted by atomic mass is 16.3. The topological polar surface area (TPSA) is 32.5 Å². The molecule has 110 valence electrons. The van der Waals surface area contributed by atoms with Crippen molar-refractivity contribution in [2.75, 3.05) is 24.5 Å². The van der Waals surface area contributed by atoms with Crippen LogP contribution in [0.1, 0.15) is 24.2 Å². The quantitative estimate of drug-likeness (QED) is 0.863. The van der Waals surface area contributed by atoms with Gasteiger partial charge < -0.3 is 9.32 Å². The summed E-state index contributed by atoms with van der Waals surface area (Å²) in [5, 5.41) is 0. The van der Waals surface area contributed by atoms with Gasteiger partial charge in [-0.1, -0.05) is 6.07 Å². The third-order valence-electron chi connectivity index (χ3n) is 4.38. The summed E-state index contributed by atoms with van der Waals surface area (Å²) in [7, 11) is 0. The molecule has 4 rings (SSSR count). The first-order valence-electron chi connectivity index (χ1n) is 7.82. The van der Waals surface area contributed by atoms with E-state index in [9.17, 15) is 0 Å². The predicted molar refractivity (Wildman–Crippen MR) is 82.0 cm³/mol. The van der Waals surface area contributed by atoms with Gasteiger partial charge >= 0.3 is 0 Å². The van der Waals surface area contributed by atoms with Crippen LogP contribution in [-0.2, 0) is 13.1 Å². The van der Waals surface area contributed by atoms with Crippen LogP contribution in [0.15, 0.2) is 41.1 Å². The first-order chi connectivity index (χ1) is 10.4. The first kappa shape index (κ1) is 12.9. The zero-order chi connectivity index (χ0) is 14.1. The highest BCUT2D eigenvalue weighted by Crippen LogP contribution is 2.32. The summed E-state index contributed by atoms with van der Waals surface area (Å²) in [6, 6.07) is 8.27. The Labute approximate surface area is 125 Å². The Morgan fingerprint density at radius 1 is 1.19 bits per heavy atom. The second-order valence-electron chi connectivity index (χ2n) is 6.17. The Hall–Kier alpha value is -1.81. The molecular formula is C17H21N3O. The molecule has 1 aliphatic heterocycles. The number of hydrogen-bond acceptors (Lipinski definition) is 4. The molecule has 4 heteroatoms. The number of nitrogens with zero attached hydrogens (tertiary/aromatic N) is 3. The van der Waals surface area contributed by atoms with Crippen LogP contribution in [0, 0.1) is 5.92 Å². The zero-order valence-corrected chi connectivity index (χ0v) is 12.2. The van der Waals surface area contributed by atoms with E-state index < -0.39 is 0 Å². The molecule has 0 spiro atoms. The second kappa shape index (κ2) is 5.53. The van der Waals surface area contributed by atoms with Crippen LogP contribution in [0.25, 0.3) is 0 Å². The Bertz CT molecular complexity index is 592. The third kappa shape index (κ3) is 2.95. The molecule has 3 heterocycles. The van der Waals surface area contributed by atoms with Crippen molar-refractivity contribution in [1.82, 2.24) is 9.88 Å². The Balaban J connectivity index is 1.54. The normalized spacial score (nSPS) is 19.3. The van der Waals surface area contributed by atoms with Crippen LogP contribution in [0.4, 0.5) is 5.82 Å². The number of aromatic nitrogens is 1.